The Bertz CT molecular complexity index is 443. The number of hydrogen-bond donors (Lipinski definition) is 1. The number of carboxylic acids is 1. The van der Waals surface area contributed by atoms with Crippen molar-refractivity contribution >= 4 is 23.4 Å². The van der Waals surface area contributed by atoms with Crippen molar-refractivity contribution in [1.82, 2.24) is 4.90 Å². The number of carboxylic acid groups (broad SMARTS) is 1. The van der Waals surface area contributed by atoms with Gasteiger partial charge in [0.1, 0.15) is 0 Å². The molecular formula is C13H18N2O2S. The first-order chi connectivity index (χ1) is 8.63. The van der Waals surface area contributed by atoms with Crippen LogP contribution in [0.1, 0.15) is 10.4 Å². The fraction of sp³-hybridized carbons (Fsp3) is 0.462. The second-order valence-electron chi connectivity index (χ2n) is 4.45. The molecule has 0 amide bonds. The van der Waals surface area contributed by atoms with Gasteiger partial charge in [-0.05, 0) is 25.4 Å². The van der Waals surface area contributed by atoms with Crippen molar-refractivity contribution in [2.75, 3.05) is 44.4 Å². The van der Waals surface area contributed by atoms with Gasteiger partial charge in [0.2, 0.25) is 0 Å². The number of carbonyl (C=O) groups is 1. The van der Waals surface area contributed by atoms with Gasteiger partial charge in [0, 0.05) is 31.1 Å². The summed E-state index contributed by atoms with van der Waals surface area (Å²) < 4.78 is 0. The molecule has 1 N–H and O–H groups in total. The van der Waals surface area contributed by atoms with E-state index in [1.165, 1.54) is 11.8 Å². The maximum Gasteiger partial charge on any atom is 0.338 e. The summed E-state index contributed by atoms with van der Waals surface area (Å²) in [7, 11) is 2.09. The highest BCUT2D eigenvalue weighted by Crippen LogP contribution is 2.30. The van der Waals surface area contributed by atoms with Crippen molar-refractivity contribution in [2.24, 2.45) is 0 Å². The molecule has 1 saturated heterocycles. The molecule has 1 heterocycles. The number of anilines is 1. The largest absolute Gasteiger partial charge is 0.478 e. The lowest BCUT2D eigenvalue weighted by molar-refractivity contribution is 0.0693. The van der Waals surface area contributed by atoms with Gasteiger partial charge >= 0.3 is 5.97 Å². The number of benzene rings is 1. The third-order valence-corrected chi connectivity index (χ3v) is 4.06. The summed E-state index contributed by atoms with van der Waals surface area (Å²) in [4.78, 5) is 16.7. The second-order valence-corrected chi connectivity index (χ2v) is 5.30. The van der Waals surface area contributed by atoms with Crippen LogP contribution in [0.15, 0.2) is 23.1 Å². The lowest BCUT2D eigenvalue weighted by Gasteiger charge is -2.35. The molecule has 0 bridgehead atoms. The number of nitrogens with zero attached hydrogens (tertiary/aromatic N) is 2. The SMILES string of the molecule is CSc1cccc(N2CCN(C)CC2)c1C(=O)O. The monoisotopic (exact) mass is 266 g/mol. The standard InChI is InChI=1S/C13H18N2O2S/c1-14-6-8-15(9-7-14)10-4-3-5-11(18-2)12(10)13(16)17/h3-5H,6-9H2,1-2H3,(H,16,17). The van der Waals surface area contributed by atoms with Gasteiger partial charge in [-0.25, -0.2) is 4.79 Å². The van der Waals surface area contributed by atoms with Crippen LogP contribution in [-0.4, -0.2) is 55.5 Å². The predicted molar refractivity (Wildman–Crippen MR) is 74.9 cm³/mol. The van der Waals surface area contributed by atoms with E-state index in [9.17, 15) is 9.90 Å². The highest BCUT2D eigenvalue weighted by Gasteiger charge is 2.22. The molecule has 0 spiro atoms. The lowest BCUT2D eigenvalue weighted by atomic mass is 10.1. The van der Waals surface area contributed by atoms with E-state index in [0.29, 0.717) is 5.56 Å². The molecule has 5 heteroatoms. The molecule has 1 aromatic rings. The van der Waals surface area contributed by atoms with Crippen molar-refractivity contribution in [3.8, 4) is 0 Å². The Morgan fingerprint density at radius 2 is 1.94 bits per heavy atom. The first-order valence-electron chi connectivity index (χ1n) is 5.97. The van der Waals surface area contributed by atoms with E-state index in [1.54, 1.807) is 0 Å². The average molecular weight is 266 g/mol. The van der Waals surface area contributed by atoms with E-state index in [2.05, 4.69) is 16.8 Å². The first kappa shape index (κ1) is 13.2. The van der Waals surface area contributed by atoms with Crippen LogP contribution in [-0.2, 0) is 0 Å². The lowest BCUT2D eigenvalue weighted by Crippen LogP contribution is -2.45. The van der Waals surface area contributed by atoms with Gasteiger partial charge in [-0.2, -0.15) is 0 Å². The molecule has 1 aliphatic rings. The molecule has 0 unspecified atom stereocenters. The molecule has 0 aliphatic carbocycles. The van der Waals surface area contributed by atoms with Crippen LogP contribution in [0.5, 0.6) is 0 Å². The Morgan fingerprint density at radius 1 is 1.28 bits per heavy atom. The zero-order valence-corrected chi connectivity index (χ0v) is 11.5. The zero-order valence-electron chi connectivity index (χ0n) is 10.7. The van der Waals surface area contributed by atoms with E-state index < -0.39 is 5.97 Å². The van der Waals surface area contributed by atoms with E-state index >= 15 is 0 Å². The highest BCUT2D eigenvalue weighted by atomic mass is 32.2. The quantitative estimate of drug-likeness (QED) is 0.846. The second kappa shape index (κ2) is 5.63. The number of rotatable bonds is 3. The Hall–Kier alpha value is -1.20. The molecule has 1 fully saturated rings. The summed E-state index contributed by atoms with van der Waals surface area (Å²) in [5.41, 5.74) is 1.29. The van der Waals surface area contributed by atoms with E-state index in [0.717, 1.165) is 36.8 Å². The summed E-state index contributed by atoms with van der Waals surface area (Å²) >= 11 is 1.48. The minimum absolute atomic E-state index is 0.439. The third-order valence-electron chi connectivity index (χ3n) is 3.28. The van der Waals surface area contributed by atoms with Gasteiger partial charge in [0.15, 0.2) is 0 Å². The Labute approximate surface area is 112 Å². The average Bonchev–Trinajstić information content (AvgIpc) is 2.38. The van der Waals surface area contributed by atoms with Crippen LogP contribution in [0.3, 0.4) is 0 Å². The Morgan fingerprint density at radius 3 is 2.50 bits per heavy atom. The molecule has 1 aliphatic heterocycles. The Balaban J connectivity index is 2.35. The molecule has 0 saturated carbocycles. The molecule has 18 heavy (non-hydrogen) atoms. The summed E-state index contributed by atoms with van der Waals surface area (Å²) in [5.74, 6) is -0.839. The number of thioether (sulfide) groups is 1. The van der Waals surface area contributed by atoms with Gasteiger partial charge < -0.3 is 14.9 Å². The highest BCUT2D eigenvalue weighted by molar-refractivity contribution is 7.98. The van der Waals surface area contributed by atoms with Gasteiger partial charge in [0.05, 0.1) is 11.3 Å². The zero-order chi connectivity index (χ0) is 13.1. The van der Waals surface area contributed by atoms with E-state index in [-0.39, 0.29) is 0 Å². The van der Waals surface area contributed by atoms with Crippen LogP contribution in [0.2, 0.25) is 0 Å². The van der Waals surface area contributed by atoms with Crippen LogP contribution < -0.4 is 4.90 Å². The summed E-state index contributed by atoms with van der Waals surface area (Å²) in [6.07, 6.45) is 1.91. The minimum Gasteiger partial charge on any atom is -0.478 e. The van der Waals surface area contributed by atoms with Gasteiger partial charge in [-0.1, -0.05) is 6.07 Å². The fourth-order valence-corrected chi connectivity index (χ4v) is 2.83. The molecule has 98 valence electrons. The number of aromatic carboxylic acids is 1. The molecule has 0 aromatic heterocycles. The van der Waals surface area contributed by atoms with E-state index in [1.807, 2.05) is 24.5 Å². The van der Waals surface area contributed by atoms with E-state index in [4.69, 9.17) is 0 Å². The minimum atomic E-state index is -0.839. The van der Waals surface area contributed by atoms with Crippen molar-refractivity contribution in [2.45, 2.75) is 4.90 Å². The topological polar surface area (TPSA) is 43.8 Å². The Kier molecular flexibility index (Phi) is 4.14. The van der Waals surface area contributed by atoms with Crippen molar-refractivity contribution in [3.63, 3.8) is 0 Å². The van der Waals surface area contributed by atoms with Gasteiger partial charge in [0.25, 0.3) is 0 Å². The fourth-order valence-electron chi connectivity index (χ4n) is 2.22. The molecular weight excluding hydrogens is 248 g/mol. The predicted octanol–water partition coefficient (Wildman–Crippen LogP) is 1.86. The van der Waals surface area contributed by atoms with Crippen molar-refractivity contribution in [3.05, 3.63) is 23.8 Å². The first-order valence-corrected chi connectivity index (χ1v) is 7.19. The molecule has 0 radical (unpaired) electrons. The third kappa shape index (κ3) is 2.62. The summed E-state index contributed by atoms with van der Waals surface area (Å²) in [5, 5.41) is 9.41. The van der Waals surface area contributed by atoms with Crippen molar-refractivity contribution in [1.29, 1.82) is 0 Å². The maximum absolute atomic E-state index is 11.5. The smallest absolute Gasteiger partial charge is 0.338 e. The number of hydrogen-bond acceptors (Lipinski definition) is 4. The van der Waals surface area contributed by atoms with Crippen LogP contribution >= 0.6 is 11.8 Å². The summed E-state index contributed by atoms with van der Waals surface area (Å²) in [6, 6.07) is 5.72. The molecule has 0 atom stereocenters. The normalized spacial score (nSPS) is 16.9. The van der Waals surface area contributed by atoms with Gasteiger partial charge in [-0.3, -0.25) is 0 Å². The number of piperazine rings is 1. The maximum atomic E-state index is 11.5. The molecule has 4 nitrogen and oxygen atoms in total. The van der Waals surface area contributed by atoms with Crippen LogP contribution in [0, 0.1) is 0 Å². The number of likely N-dealkylation sites (N-methyl/N-ethyl adjacent to an activating group) is 1. The van der Waals surface area contributed by atoms with Gasteiger partial charge in [-0.15, -0.1) is 11.8 Å². The molecule has 1 aromatic carbocycles. The van der Waals surface area contributed by atoms with Crippen LogP contribution in [0.4, 0.5) is 5.69 Å². The van der Waals surface area contributed by atoms with Crippen LogP contribution in [0.25, 0.3) is 0 Å². The van der Waals surface area contributed by atoms with Crippen molar-refractivity contribution < 1.29 is 9.90 Å². The molecule has 2 rings (SSSR count). The summed E-state index contributed by atoms with van der Waals surface area (Å²) in [6.45, 7) is 3.72.